The molecule has 2 heteroatoms. The van der Waals surface area contributed by atoms with E-state index in [0.717, 1.165) is 5.56 Å². The van der Waals surface area contributed by atoms with Crippen LogP contribution in [-0.4, -0.2) is 12.5 Å². The molecule has 0 aliphatic rings. The predicted molar refractivity (Wildman–Crippen MR) is 70.9 cm³/mol. The van der Waals surface area contributed by atoms with Gasteiger partial charge in [-0.3, -0.25) is 4.79 Å². The fourth-order valence-corrected chi connectivity index (χ4v) is 1.78. The normalized spacial score (nSPS) is 10.1. The molecule has 0 aliphatic carbocycles. The van der Waals surface area contributed by atoms with Crippen LogP contribution in [0.3, 0.4) is 0 Å². The summed E-state index contributed by atoms with van der Waals surface area (Å²) in [6, 6.07) is 14.2. The van der Waals surface area contributed by atoms with Crippen molar-refractivity contribution in [2.45, 2.75) is 6.42 Å². The summed E-state index contributed by atoms with van der Waals surface area (Å²) in [6.45, 7) is 4.09. The van der Waals surface area contributed by atoms with Crippen molar-refractivity contribution in [3.05, 3.63) is 60.7 Å². The molecule has 0 aliphatic heterocycles. The summed E-state index contributed by atoms with van der Waals surface area (Å²) < 4.78 is 0. The Balaban J connectivity index is 2.13. The molecule has 2 aromatic carbocycles. The smallest absolute Gasteiger partial charge is 0.224 e. The van der Waals surface area contributed by atoms with E-state index in [4.69, 9.17) is 0 Å². The molecule has 2 rings (SSSR count). The number of carbonyl (C=O) groups is 1. The number of rotatable bonds is 4. The molecule has 0 saturated carbocycles. The molecule has 2 aromatic rings. The zero-order chi connectivity index (χ0) is 12.1. The second-order valence-corrected chi connectivity index (χ2v) is 3.95. The summed E-state index contributed by atoms with van der Waals surface area (Å²) in [5, 5.41) is 5.14. The molecule has 2 nitrogen and oxygen atoms in total. The van der Waals surface area contributed by atoms with E-state index >= 15 is 0 Å². The van der Waals surface area contributed by atoms with Gasteiger partial charge in [-0.05, 0) is 16.3 Å². The maximum atomic E-state index is 11.5. The van der Waals surface area contributed by atoms with E-state index in [0.29, 0.717) is 13.0 Å². The number of nitrogens with one attached hydrogen (secondary N) is 1. The van der Waals surface area contributed by atoms with E-state index in [1.165, 1.54) is 10.8 Å². The molecule has 1 amide bonds. The highest BCUT2D eigenvalue weighted by molar-refractivity contribution is 5.85. The second-order valence-electron chi connectivity index (χ2n) is 3.95. The molecule has 17 heavy (non-hydrogen) atoms. The highest BCUT2D eigenvalue weighted by Gasteiger charge is 2.02. The first kappa shape index (κ1) is 11.4. The van der Waals surface area contributed by atoms with Crippen molar-refractivity contribution in [2.75, 3.05) is 6.54 Å². The number of hydrogen-bond donors (Lipinski definition) is 1. The number of hydrogen-bond acceptors (Lipinski definition) is 1. The van der Waals surface area contributed by atoms with Crippen molar-refractivity contribution in [1.29, 1.82) is 0 Å². The molecule has 0 unspecified atom stereocenters. The van der Waals surface area contributed by atoms with Gasteiger partial charge in [-0.2, -0.15) is 0 Å². The SMILES string of the molecule is C=CCNC(=O)Cc1ccc2ccccc2c1. The average molecular weight is 225 g/mol. The van der Waals surface area contributed by atoms with Gasteiger partial charge < -0.3 is 5.32 Å². The third kappa shape index (κ3) is 2.94. The van der Waals surface area contributed by atoms with E-state index in [9.17, 15) is 4.79 Å². The first-order valence-electron chi connectivity index (χ1n) is 5.65. The van der Waals surface area contributed by atoms with Crippen LogP contribution in [0.15, 0.2) is 55.1 Å². The first-order chi connectivity index (χ1) is 8.29. The summed E-state index contributed by atoms with van der Waals surface area (Å²) in [6.07, 6.45) is 2.09. The van der Waals surface area contributed by atoms with Crippen molar-refractivity contribution < 1.29 is 4.79 Å². The van der Waals surface area contributed by atoms with Gasteiger partial charge in [-0.25, -0.2) is 0 Å². The quantitative estimate of drug-likeness (QED) is 0.796. The highest BCUT2D eigenvalue weighted by Crippen LogP contribution is 2.15. The fourth-order valence-electron chi connectivity index (χ4n) is 1.78. The molecule has 0 spiro atoms. The van der Waals surface area contributed by atoms with Crippen LogP contribution in [0.5, 0.6) is 0 Å². The van der Waals surface area contributed by atoms with Crippen LogP contribution >= 0.6 is 0 Å². The largest absolute Gasteiger partial charge is 0.352 e. The summed E-state index contributed by atoms with van der Waals surface area (Å²) in [7, 11) is 0. The molecule has 0 atom stereocenters. The highest BCUT2D eigenvalue weighted by atomic mass is 16.1. The van der Waals surface area contributed by atoms with E-state index in [1.807, 2.05) is 24.3 Å². The monoisotopic (exact) mass is 225 g/mol. The third-order valence-corrected chi connectivity index (χ3v) is 2.62. The molecule has 86 valence electrons. The van der Waals surface area contributed by atoms with Gasteiger partial charge in [-0.15, -0.1) is 6.58 Å². The Bertz CT molecular complexity index is 545. The third-order valence-electron chi connectivity index (χ3n) is 2.62. The zero-order valence-electron chi connectivity index (χ0n) is 9.65. The Morgan fingerprint density at radius 1 is 1.18 bits per heavy atom. The topological polar surface area (TPSA) is 29.1 Å². The van der Waals surface area contributed by atoms with Crippen LogP contribution in [0.25, 0.3) is 10.8 Å². The standard InChI is InChI=1S/C15H15NO/c1-2-9-16-15(17)11-12-7-8-13-5-3-4-6-14(13)10-12/h2-8,10H,1,9,11H2,(H,16,17). The minimum Gasteiger partial charge on any atom is -0.352 e. The van der Waals surface area contributed by atoms with Crippen LogP contribution in [0, 0.1) is 0 Å². The average Bonchev–Trinajstić information content (AvgIpc) is 2.36. The number of benzene rings is 2. The van der Waals surface area contributed by atoms with E-state index in [2.05, 4.69) is 30.1 Å². The molecule has 0 heterocycles. The molecular weight excluding hydrogens is 210 g/mol. The Kier molecular flexibility index (Phi) is 3.55. The molecule has 1 N–H and O–H groups in total. The minimum absolute atomic E-state index is 0.0279. The number of fused-ring (bicyclic) bond motifs is 1. The number of carbonyl (C=O) groups excluding carboxylic acids is 1. The van der Waals surface area contributed by atoms with Crippen LogP contribution in [0.2, 0.25) is 0 Å². The van der Waals surface area contributed by atoms with Gasteiger partial charge in [0.2, 0.25) is 5.91 Å². The maximum absolute atomic E-state index is 11.5. The lowest BCUT2D eigenvalue weighted by atomic mass is 10.1. The number of amides is 1. The van der Waals surface area contributed by atoms with E-state index < -0.39 is 0 Å². The molecule has 0 aromatic heterocycles. The van der Waals surface area contributed by atoms with Gasteiger partial charge in [0, 0.05) is 6.54 Å². The molecular formula is C15H15NO. The first-order valence-corrected chi connectivity index (χ1v) is 5.65. The van der Waals surface area contributed by atoms with Crippen molar-refractivity contribution >= 4 is 16.7 Å². The van der Waals surface area contributed by atoms with E-state index in [1.54, 1.807) is 6.08 Å². The Morgan fingerprint density at radius 2 is 1.94 bits per heavy atom. The fraction of sp³-hybridized carbons (Fsp3) is 0.133. The lowest BCUT2D eigenvalue weighted by Crippen LogP contribution is -2.24. The lowest BCUT2D eigenvalue weighted by Gasteiger charge is -2.04. The van der Waals surface area contributed by atoms with Crippen LogP contribution in [-0.2, 0) is 11.2 Å². The molecule has 0 fully saturated rings. The van der Waals surface area contributed by atoms with Crippen molar-refractivity contribution in [1.82, 2.24) is 5.32 Å². The van der Waals surface area contributed by atoms with Crippen LogP contribution in [0.1, 0.15) is 5.56 Å². The Labute approximate surface area is 101 Å². The van der Waals surface area contributed by atoms with Crippen LogP contribution in [0.4, 0.5) is 0 Å². The summed E-state index contributed by atoms with van der Waals surface area (Å²) >= 11 is 0. The van der Waals surface area contributed by atoms with Crippen molar-refractivity contribution in [3.63, 3.8) is 0 Å². The summed E-state index contributed by atoms with van der Waals surface area (Å²) in [5.41, 5.74) is 1.03. The second kappa shape index (κ2) is 5.30. The molecule has 0 bridgehead atoms. The predicted octanol–water partition coefficient (Wildman–Crippen LogP) is 2.68. The minimum atomic E-state index is 0.0279. The van der Waals surface area contributed by atoms with Gasteiger partial charge in [0.05, 0.1) is 6.42 Å². The van der Waals surface area contributed by atoms with Gasteiger partial charge in [-0.1, -0.05) is 48.5 Å². The van der Waals surface area contributed by atoms with E-state index in [-0.39, 0.29) is 5.91 Å². The lowest BCUT2D eigenvalue weighted by molar-refractivity contribution is -0.120. The van der Waals surface area contributed by atoms with Crippen LogP contribution < -0.4 is 5.32 Å². The van der Waals surface area contributed by atoms with Gasteiger partial charge in [0.15, 0.2) is 0 Å². The van der Waals surface area contributed by atoms with Crippen molar-refractivity contribution in [2.24, 2.45) is 0 Å². The Hall–Kier alpha value is -2.09. The van der Waals surface area contributed by atoms with Gasteiger partial charge in [0.25, 0.3) is 0 Å². The van der Waals surface area contributed by atoms with Gasteiger partial charge in [0.1, 0.15) is 0 Å². The summed E-state index contributed by atoms with van der Waals surface area (Å²) in [5.74, 6) is 0.0279. The molecule has 0 radical (unpaired) electrons. The molecule has 0 saturated heterocycles. The van der Waals surface area contributed by atoms with Crippen molar-refractivity contribution in [3.8, 4) is 0 Å². The summed E-state index contributed by atoms with van der Waals surface area (Å²) in [4.78, 5) is 11.5. The van der Waals surface area contributed by atoms with Gasteiger partial charge >= 0.3 is 0 Å². The zero-order valence-corrected chi connectivity index (χ0v) is 9.65. The Morgan fingerprint density at radius 3 is 2.71 bits per heavy atom. The maximum Gasteiger partial charge on any atom is 0.224 e.